The molecule has 1 aliphatic carbocycles. The van der Waals surface area contributed by atoms with Crippen LogP contribution < -0.4 is 20.4 Å². The van der Waals surface area contributed by atoms with Gasteiger partial charge in [-0.2, -0.15) is 5.01 Å². The minimum Gasteiger partial charge on any atom is -0.495 e. The maximum atomic E-state index is 12.8. The second-order valence-corrected chi connectivity index (χ2v) is 8.50. The van der Waals surface area contributed by atoms with Gasteiger partial charge in [0.05, 0.1) is 12.8 Å². The van der Waals surface area contributed by atoms with E-state index < -0.39 is 11.6 Å². The molecule has 3 fully saturated rings. The lowest BCUT2D eigenvalue weighted by Gasteiger charge is -2.36. The van der Waals surface area contributed by atoms with Gasteiger partial charge in [-0.15, -0.1) is 0 Å². The number of methoxy groups -OCH3 is 1. The number of amides is 4. The number of nitrogens with one attached hydrogen (secondary N) is 2. The van der Waals surface area contributed by atoms with E-state index in [0.717, 1.165) is 61.9 Å². The molecule has 9 heteroatoms. The third-order valence-electron chi connectivity index (χ3n) is 6.56. The fourth-order valence-corrected chi connectivity index (χ4v) is 4.76. The first-order chi connectivity index (χ1) is 15.0. The van der Waals surface area contributed by atoms with Gasteiger partial charge in [0.2, 0.25) is 5.91 Å². The number of urea groups is 1. The zero-order chi connectivity index (χ0) is 21.8. The van der Waals surface area contributed by atoms with Gasteiger partial charge in [0.15, 0.2) is 0 Å². The number of hydrogen-bond acceptors (Lipinski definition) is 6. The highest BCUT2D eigenvalue weighted by Crippen LogP contribution is 2.33. The smallest absolute Gasteiger partial charge is 0.344 e. The molecule has 1 saturated carbocycles. The first kappa shape index (κ1) is 21.4. The molecule has 0 bridgehead atoms. The summed E-state index contributed by atoms with van der Waals surface area (Å²) in [6.07, 6.45) is 4.41. The van der Waals surface area contributed by atoms with Crippen molar-refractivity contribution in [1.29, 1.82) is 0 Å². The SMILES string of the molecule is COc1ccccc1N1CCN(CCC(=O)NN2C(=O)NC3(CCCCC3)C2=O)CC1. The predicted molar refractivity (Wildman–Crippen MR) is 116 cm³/mol. The number of para-hydroxylation sites is 2. The van der Waals surface area contributed by atoms with Crippen LogP contribution in [-0.4, -0.2) is 73.1 Å². The van der Waals surface area contributed by atoms with E-state index in [9.17, 15) is 14.4 Å². The molecule has 9 nitrogen and oxygen atoms in total. The molecule has 1 aromatic carbocycles. The van der Waals surface area contributed by atoms with E-state index in [1.165, 1.54) is 0 Å². The molecule has 2 saturated heterocycles. The second-order valence-electron chi connectivity index (χ2n) is 8.50. The number of hydrogen-bond donors (Lipinski definition) is 2. The van der Waals surface area contributed by atoms with E-state index in [-0.39, 0.29) is 18.2 Å². The van der Waals surface area contributed by atoms with Gasteiger partial charge in [-0.3, -0.25) is 19.9 Å². The molecule has 0 unspecified atom stereocenters. The second kappa shape index (κ2) is 9.13. The van der Waals surface area contributed by atoms with Gasteiger partial charge in [0, 0.05) is 39.1 Å². The van der Waals surface area contributed by atoms with Gasteiger partial charge < -0.3 is 15.0 Å². The zero-order valence-electron chi connectivity index (χ0n) is 18.1. The van der Waals surface area contributed by atoms with Crippen molar-refractivity contribution >= 4 is 23.5 Å². The zero-order valence-corrected chi connectivity index (χ0v) is 18.1. The number of ether oxygens (including phenoxy) is 1. The van der Waals surface area contributed by atoms with E-state index in [2.05, 4.69) is 26.6 Å². The molecular weight excluding hydrogens is 398 g/mol. The number of carbonyl (C=O) groups excluding carboxylic acids is 3. The number of rotatable bonds is 6. The molecule has 4 rings (SSSR count). The number of carbonyl (C=O) groups is 3. The minimum atomic E-state index is -0.822. The van der Waals surface area contributed by atoms with Crippen molar-refractivity contribution < 1.29 is 19.1 Å². The number of benzene rings is 1. The van der Waals surface area contributed by atoms with E-state index in [1.807, 2.05) is 18.2 Å². The maximum Gasteiger partial charge on any atom is 0.344 e. The van der Waals surface area contributed by atoms with Crippen molar-refractivity contribution in [2.24, 2.45) is 0 Å². The number of hydrazine groups is 1. The van der Waals surface area contributed by atoms with Crippen LogP contribution in [-0.2, 0) is 9.59 Å². The van der Waals surface area contributed by atoms with Crippen LogP contribution in [0.25, 0.3) is 0 Å². The highest BCUT2D eigenvalue weighted by Gasteiger charge is 2.52. The fourth-order valence-electron chi connectivity index (χ4n) is 4.76. The molecule has 4 amide bonds. The number of anilines is 1. The summed E-state index contributed by atoms with van der Waals surface area (Å²) in [6.45, 7) is 3.94. The minimum absolute atomic E-state index is 0.235. The molecule has 1 aromatic rings. The highest BCUT2D eigenvalue weighted by molar-refractivity contribution is 6.08. The van der Waals surface area contributed by atoms with E-state index in [0.29, 0.717) is 19.4 Å². The van der Waals surface area contributed by atoms with E-state index in [1.54, 1.807) is 7.11 Å². The largest absolute Gasteiger partial charge is 0.495 e. The lowest BCUT2D eigenvalue weighted by Crippen LogP contribution is -2.51. The molecule has 2 aliphatic heterocycles. The highest BCUT2D eigenvalue weighted by atomic mass is 16.5. The Morgan fingerprint density at radius 3 is 2.52 bits per heavy atom. The summed E-state index contributed by atoms with van der Waals surface area (Å²) >= 11 is 0. The van der Waals surface area contributed by atoms with Crippen molar-refractivity contribution in [2.45, 2.75) is 44.1 Å². The van der Waals surface area contributed by atoms with Crippen molar-refractivity contribution in [3.05, 3.63) is 24.3 Å². The Morgan fingerprint density at radius 1 is 1.10 bits per heavy atom. The fraction of sp³-hybridized carbons (Fsp3) is 0.591. The van der Waals surface area contributed by atoms with Crippen LogP contribution in [0.1, 0.15) is 38.5 Å². The Kier molecular flexibility index (Phi) is 6.31. The van der Waals surface area contributed by atoms with Gasteiger partial charge in [-0.25, -0.2) is 4.79 Å². The van der Waals surface area contributed by atoms with Crippen LogP contribution in [0.15, 0.2) is 24.3 Å². The van der Waals surface area contributed by atoms with E-state index in [4.69, 9.17) is 4.74 Å². The van der Waals surface area contributed by atoms with Crippen LogP contribution in [0.2, 0.25) is 0 Å². The lowest BCUT2D eigenvalue weighted by molar-refractivity contribution is -0.140. The summed E-state index contributed by atoms with van der Waals surface area (Å²) in [7, 11) is 1.68. The molecule has 0 aromatic heterocycles. The Balaban J connectivity index is 1.24. The normalized spacial score (nSPS) is 21.3. The van der Waals surface area contributed by atoms with Crippen LogP contribution in [0.5, 0.6) is 5.75 Å². The Bertz CT molecular complexity index is 831. The molecule has 0 radical (unpaired) electrons. The lowest BCUT2D eigenvalue weighted by atomic mass is 9.82. The molecule has 1 spiro atoms. The number of imide groups is 1. The molecule has 2 heterocycles. The summed E-state index contributed by atoms with van der Waals surface area (Å²) in [5.41, 5.74) is 2.78. The third kappa shape index (κ3) is 4.46. The summed E-state index contributed by atoms with van der Waals surface area (Å²) in [5, 5.41) is 3.69. The predicted octanol–water partition coefficient (Wildman–Crippen LogP) is 1.49. The van der Waals surface area contributed by atoms with Crippen LogP contribution in [0.4, 0.5) is 10.5 Å². The summed E-state index contributed by atoms with van der Waals surface area (Å²) in [5.74, 6) is 0.221. The number of nitrogens with zero attached hydrogens (tertiary/aromatic N) is 3. The van der Waals surface area contributed by atoms with Gasteiger partial charge in [0.1, 0.15) is 11.3 Å². The third-order valence-corrected chi connectivity index (χ3v) is 6.56. The molecule has 3 aliphatic rings. The first-order valence-corrected chi connectivity index (χ1v) is 11.1. The van der Waals surface area contributed by atoms with Crippen LogP contribution in [0.3, 0.4) is 0 Å². The van der Waals surface area contributed by atoms with Gasteiger partial charge >= 0.3 is 6.03 Å². The quantitative estimate of drug-likeness (QED) is 0.666. The Labute approximate surface area is 182 Å². The Hall–Kier alpha value is -2.81. The van der Waals surface area contributed by atoms with Gasteiger partial charge in [-0.05, 0) is 25.0 Å². The maximum absolute atomic E-state index is 12.8. The van der Waals surface area contributed by atoms with Crippen molar-refractivity contribution in [1.82, 2.24) is 20.7 Å². The monoisotopic (exact) mass is 429 g/mol. The molecule has 31 heavy (non-hydrogen) atoms. The van der Waals surface area contributed by atoms with Crippen LogP contribution >= 0.6 is 0 Å². The summed E-state index contributed by atoms with van der Waals surface area (Å²) in [6, 6.07) is 7.45. The first-order valence-electron chi connectivity index (χ1n) is 11.1. The van der Waals surface area contributed by atoms with Crippen molar-refractivity contribution in [2.75, 3.05) is 44.7 Å². The molecular formula is C22H31N5O4. The molecule has 0 atom stereocenters. The molecule has 168 valence electrons. The average Bonchev–Trinajstić information content (AvgIpc) is 3.02. The number of piperazine rings is 1. The van der Waals surface area contributed by atoms with Crippen LogP contribution in [0, 0.1) is 0 Å². The summed E-state index contributed by atoms with van der Waals surface area (Å²) in [4.78, 5) is 42.0. The average molecular weight is 430 g/mol. The molecule has 2 N–H and O–H groups in total. The van der Waals surface area contributed by atoms with Crippen molar-refractivity contribution in [3.8, 4) is 5.75 Å². The van der Waals surface area contributed by atoms with E-state index >= 15 is 0 Å². The van der Waals surface area contributed by atoms with Gasteiger partial charge in [0.25, 0.3) is 5.91 Å². The Morgan fingerprint density at radius 2 is 1.81 bits per heavy atom. The van der Waals surface area contributed by atoms with Crippen molar-refractivity contribution in [3.63, 3.8) is 0 Å². The summed E-state index contributed by atoms with van der Waals surface area (Å²) < 4.78 is 5.45. The van der Waals surface area contributed by atoms with Gasteiger partial charge in [-0.1, -0.05) is 31.4 Å². The topological polar surface area (TPSA) is 94.2 Å². The standard InChI is InChI=1S/C22H31N5O4/c1-31-18-8-4-3-7-17(18)26-15-13-25(14-16-26)12-9-19(28)24-27-20(29)22(23-21(27)30)10-5-2-6-11-22/h3-4,7-8H,2,5-6,9-16H2,1H3,(H,23,30)(H,24,28).